The number of nitrogens with two attached hydrogens (primary N) is 1. The summed E-state index contributed by atoms with van der Waals surface area (Å²) in [5.74, 6) is -2.52. The number of rotatable bonds is 13. The Hall–Kier alpha value is -4.44. The van der Waals surface area contributed by atoms with E-state index in [2.05, 4.69) is 15.3 Å². The molecule has 3 aromatic rings. The number of nitro groups is 1. The first-order valence-electron chi connectivity index (χ1n) is 13.7. The van der Waals surface area contributed by atoms with Crippen LogP contribution in [0.2, 0.25) is 0 Å². The molecule has 2 aromatic heterocycles. The molecule has 4 N–H and O–H groups in total. The number of H-pyrrole nitrogens is 1. The number of nitro benzene ring substituents is 1. The molecule has 0 saturated heterocycles. The topological polar surface area (TPSA) is 174 Å². The normalized spacial score (nSPS) is 20.2. The van der Waals surface area contributed by atoms with Crippen LogP contribution in [0.3, 0.4) is 0 Å². The predicted molar refractivity (Wildman–Crippen MR) is 154 cm³/mol. The predicted octanol–water partition coefficient (Wildman–Crippen LogP) is 4.08. The molecule has 0 spiro atoms. The molecule has 1 fully saturated rings. The van der Waals surface area contributed by atoms with Crippen LogP contribution in [0.1, 0.15) is 19.3 Å². The van der Waals surface area contributed by atoms with E-state index in [0.29, 0.717) is 23.9 Å². The van der Waals surface area contributed by atoms with Crippen molar-refractivity contribution in [2.45, 2.75) is 41.3 Å². The van der Waals surface area contributed by atoms with Gasteiger partial charge in [-0.3, -0.25) is 19.8 Å². The number of fused-ring (bicyclic) bond motifs is 1. The number of aromatic nitrogens is 2. The first kappa shape index (κ1) is 31.0. The summed E-state index contributed by atoms with van der Waals surface area (Å²) >= 11 is 0. The Morgan fingerprint density at radius 2 is 2.02 bits per heavy atom. The number of ether oxygens (including phenoxy) is 1. The Bertz CT molecular complexity index is 1740. The van der Waals surface area contributed by atoms with Gasteiger partial charge in [-0.2, -0.15) is 13.2 Å². The van der Waals surface area contributed by atoms with Crippen LogP contribution >= 0.6 is 0 Å². The molecule has 1 aromatic carbocycles. The van der Waals surface area contributed by atoms with Gasteiger partial charge in [0.2, 0.25) is 20.7 Å². The van der Waals surface area contributed by atoms with E-state index in [4.69, 9.17) is 10.5 Å². The number of hydrogen-bond donors (Lipinski definition) is 3. The summed E-state index contributed by atoms with van der Waals surface area (Å²) in [6.07, 6.45) is 5.45. The van der Waals surface area contributed by atoms with Crippen molar-refractivity contribution in [3.63, 3.8) is 0 Å². The Balaban J connectivity index is 1.42. The van der Waals surface area contributed by atoms with Gasteiger partial charge in [0.25, 0.3) is 5.69 Å². The maximum Gasteiger partial charge on any atom is 0.401 e. The lowest BCUT2D eigenvalue weighted by Crippen LogP contribution is -2.53. The highest BCUT2D eigenvalue weighted by Gasteiger charge is 2.54. The molecule has 16 heteroatoms. The van der Waals surface area contributed by atoms with Crippen molar-refractivity contribution in [1.82, 2.24) is 14.9 Å². The standard InChI is InChI=1S/C28H29F3N6O6S/c29-28(30,31)17-36(19-5-6-19)13-3-11-33-23-8-7-21(15-24(23)37(39)40)44(41,42)27(10-2-1-4-22(27)25(32)38)43-20-14-18-9-12-34-26(18)35-16-20/h1-2,4,7-10,12,14-16,19,22,33H,3,5-6,11,13,17H2,(H2,32,38)(H,34,35). The molecule has 1 amide bonds. The van der Waals surface area contributed by atoms with Crippen LogP contribution in [-0.4, -0.2) is 70.9 Å². The quantitative estimate of drug-likeness (QED) is 0.142. The summed E-state index contributed by atoms with van der Waals surface area (Å²) in [7, 11) is -4.73. The number of amides is 1. The molecule has 234 valence electrons. The van der Waals surface area contributed by atoms with E-state index in [1.807, 2.05) is 0 Å². The minimum absolute atomic E-state index is 0.00502. The van der Waals surface area contributed by atoms with Gasteiger partial charge < -0.3 is 20.8 Å². The molecule has 2 atom stereocenters. The van der Waals surface area contributed by atoms with E-state index in [1.54, 1.807) is 12.3 Å². The highest BCUT2D eigenvalue weighted by atomic mass is 32.2. The number of nitrogens with zero attached hydrogens (tertiary/aromatic N) is 3. The second kappa shape index (κ2) is 11.9. The van der Waals surface area contributed by atoms with Gasteiger partial charge >= 0.3 is 6.18 Å². The number of hydrogen-bond acceptors (Lipinski definition) is 9. The average molecular weight is 635 g/mol. The van der Waals surface area contributed by atoms with Gasteiger partial charge in [-0.15, -0.1) is 0 Å². The van der Waals surface area contributed by atoms with Crippen LogP contribution in [-0.2, 0) is 14.6 Å². The van der Waals surface area contributed by atoms with Crippen molar-refractivity contribution in [1.29, 1.82) is 0 Å². The zero-order valence-electron chi connectivity index (χ0n) is 23.2. The third-order valence-corrected chi connectivity index (χ3v) is 9.60. The molecule has 2 heterocycles. The van der Waals surface area contributed by atoms with Gasteiger partial charge in [0.15, 0.2) is 0 Å². The van der Waals surface area contributed by atoms with Gasteiger partial charge in [-0.1, -0.05) is 18.2 Å². The van der Waals surface area contributed by atoms with Crippen LogP contribution in [0.5, 0.6) is 5.75 Å². The fourth-order valence-corrected chi connectivity index (χ4v) is 7.07. The Kier molecular flexibility index (Phi) is 8.40. The summed E-state index contributed by atoms with van der Waals surface area (Å²) < 4.78 is 73.3. The number of pyridine rings is 1. The lowest BCUT2D eigenvalue weighted by atomic mass is 9.96. The Morgan fingerprint density at radius 1 is 1.25 bits per heavy atom. The molecule has 0 bridgehead atoms. The maximum absolute atomic E-state index is 14.3. The molecule has 2 aliphatic rings. The van der Waals surface area contributed by atoms with Crippen molar-refractivity contribution in [3.05, 3.63) is 77.1 Å². The number of alkyl halides is 3. The number of carbonyl (C=O) groups excluding carboxylic acids is 1. The third-order valence-electron chi connectivity index (χ3n) is 7.42. The number of sulfone groups is 1. The molecule has 0 radical (unpaired) electrons. The lowest BCUT2D eigenvalue weighted by molar-refractivity contribution is -0.384. The number of nitrogens with one attached hydrogen (secondary N) is 2. The molecular formula is C28H29F3N6O6S. The summed E-state index contributed by atoms with van der Waals surface area (Å²) in [5.41, 5.74) is 5.52. The zero-order valence-corrected chi connectivity index (χ0v) is 24.0. The number of allylic oxidation sites excluding steroid dienone is 2. The van der Waals surface area contributed by atoms with Crippen LogP contribution in [0.4, 0.5) is 24.5 Å². The van der Waals surface area contributed by atoms with Gasteiger partial charge in [0.05, 0.1) is 22.6 Å². The maximum atomic E-state index is 14.3. The van der Waals surface area contributed by atoms with Crippen LogP contribution < -0.4 is 15.8 Å². The Labute approximate surface area is 249 Å². The largest absolute Gasteiger partial charge is 0.464 e. The third kappa shape index (κ3) is 6.40. The fourth-order valence-electron chi connectivity index (χ4n) is 5.19. The van der Waals surface area contributed by atoms with Crippen molar-refractivity contribution in [3.8, 4) is 5.75 Å². The van der Waals surface area contributed by atoms with E-state index in [1.165, 1.54) is 41.5 Å². The van der Waals surface area contributed by atoms with Crippen molar-refractivity contribution >= 4 is 38.2 Å². The number of aromatic amines is 1. The number of halogens is 3. The van der Waals surface area contributed by atoms with Crippen LogP contribution in [0.25, 0.3) is 11.0 Å². The summed E-state index contributed by atoms with van der Waals surface area (Å²) in [5, 5.41) is 15.4. The molecule has 44 heavy (non-hydrogen) atoms. The monoisotopic (exact) mass is 634 g/mol. The van der Waals surface area contributed by atoms with E-state index in [9.17, 15) is 36.5 Å². The van der Waals surface area contributed by atoms with E-state index in [0.717, 1.165) is 18.2 Å². The molecule has 1 saturated carbocycles. The highest BCUT2D eigenvalue weighted by molar-refractivity contribution is 7.93. The van der Waals surface area contributed by atoms with Gasteiger partial charge in [0.1, 0.15) is 23.0 Å². The summed E-state index contributed by atoms with van der Waals surface area (Å²) in [4.78, 5) is 29.3. The summed E-state index contributed by atoms with van der Waals surface area (Å²) in [6, 6.07) is 6.26. The first-order valence-corrected chi connectivity index (χ1v) is 15.1. The lowest BCUT2D eigenvalue weighted by Gasteiger charge is -2.36. The second-order valence-electron chi connectivity index (χ2n) is 10.6. The van der Waals surface area contributed by atoms with E-state index in [-0.39, 0.29) is 37.0 Å². The smallest absolute Gasteiger partial charge is 0.401 e. The molecular weight excluding hydrogens is 605 g/mol. The van der Waals surface area contributed by atoms with Crippen LogP contribution in [0, 0.1) is 16.0 Å². The van der Waals surface area contributed by atoms with Gasteiger partial charge in [0, 0.05) is 36.8 Å². The van der Waals surface area contributed by atoms with Gasteiger partial charge in [-0.05, 0) is 49.6 Å². The molecule has 2 aliphatic carbocycles. The zero-order chi connectivity index (χ0) is 31.7. The highest BCUT2D eigenvalue weighted by Crippen LogP contribution is 2.41. The van der Waals surface area contributed by atoms with E-state index >= 15 is 0 Å². The van der Waals surface area contributed by atoms with Crippen molar-refractivity contribution in [2.24, 2.45) is 11.7 Å². The average Bonchev–Trinajstić information content (AvgIpc) is 3.71. The van der Waals surface area contributed by atoms with E-state index < -0.39 is 54.8 Å². The molecule has 0 aliphatic heterocycles. The molecule has 2 unspecified atom stereocenters. The molecule has 12 nitrogen and oxygen atoms in total. The second-order valence-corrected chi connectivity index (χ2v) is 12.7. The van der Waals surface area contributed by atoms with Crippen LogP contribution in [0.15, 0.2) is 71.9 Å². The number of anilines is 1. The number of primary amides is 1. The van der Waals surface area contributed by atoms with Crippen molar-refractivity contribution < 1.29 is 36.0 Å². The minimum Gasteiger partial charge on any atom is -0.464 e. The number of benzene rings is 1. The SMILES string of the molecule is NC(=O)C1C=CC=CC1(Oc1cnc2[nH]ccc2c1)S(=O)(=O)c1ccc(NCCCN(CC(F)(F)F)C2CC2)c([N+](=O)[O-])c1. The molecule has 5 rings (SSSR count). The first-order chi connectivity index (χ1) is 20.8. The Morgan fingerprint density at radius 3 is 2.70 bits per heavy atom. The van der Waals surface area contributed by atoms with Gasteiger partial charge in [-0.25, -0.2) is 13.4 Å². The fraction of sp³-hybridized carbons (Fsp3) is 0.357. The minimum atomic E-state index is -4.73. The number of carbonyl (C=O) groups is 1. The van der Waals surface area contributed by atoms with Crippen molar-refractivity contribution in [2.75, 3.05) is 25.0 Å². The summed E-state index contributed by atoms with van der Waals surface area (Å²) in [6.45, 7) is -0.790.